The summed E-state index contributed by atoms with van der Waals surface area (Å²) in [6.45, 7) is 3.07. The summed E-state index contributed by atoms with van der Waals surface area (Å²) in [5, 5.41) is 2.71. The van der Waals surface area contributed by atoms with Crippen LogP contribution in [0.4, 0.5) is 5.69 Å². The average molecular weight is 265 g/mol. The molecule has 1 aromatic rings. The van der Waals surface area contributed by atoms with Crippen molar-refractivity contribution in [1.29, 1.82) is 0 Å². The highest BCUT2D eigenvalue weighted by atomic mass is 16.5. The van der Waals surface area contributed by atoms with E-state index in [2.05, 4.69) is 10.1 Å². The van der Waals surface area contributed by atoms with Crippen LogP contribution < -0.4 is 5.32 Å². The standard InChI is InChI=1S/C14H19NO4/c1-3-8-19-9-7-13(16)15-12-6-4-5-11(10-12)14(17)18-2/h4-6,10H,3,7-9H2,1-2H3,(H,15,16). The van der Waals surface area contributed by atoms with Crippen LogP contribution in [0, 0.1) is 0 Å². The Kier molecular flexibility index (Phi) is 6.60. The summed E-state index contributed by atoms with van der Waals surface area (Å²) in [5.41, 5.74) is 0.978. The van der Waals surface area contributed by atoms with Gasteiger partial charge in [0.1, 0.15) is 0 Å². The third kappa shape index (κ3) is 5.52. The van der Waals surface area contributed by atoms with Crippen molar-refractivity contribution in [3.05, 3.63) is 29.8 Å². The summed E-state index contributed by atoms with van der Waals surface area (Å²) in [4.78, 5) is 23.0. The van der Waals surface area contributed by atoms with Gasteiger partial charge >= 0.3 is 5.97 Å². The number of carbonyl (C=O) groups excluding carboxylic acids is 2. The second-order valence-corrected chi connectivity index (χ2v) is 3.98. The Bertz CT molecular complexity index is 431. The van der Waals surface area contributed by atoms with Crippen LogP contribution in [-0.4, -0.2) is 32.2 Å². The number of anilines is 1. The van der Waals surface area contributed by atoms with Gasteiger partial charge in [0.2, 0.25) is 5.91 Å². The maximum absolute atomic E-state index is 11.6. The summed E-state index contributed by atoms with van der Waals surface area (Å²) in [6.07, 6.45) is 1.23. The van der Waals surface area contributed by atoms with E-state index in [1.54, 1.807) is 24.3 Å². The number of benzene rings is 1. The van der Waals surface area contributed by atoms with Crippen molar-refractivity contribution >= 4 is 17.6 Å². The van der Waals surface area contributed by atoms with Gasteiger partial charge in [-0.3, -0.25) is 4.79 Å². The van der Waals surface area contributed by atoms with E-state index >= 15 is 0 Å². The molecule has 1 N–H and O–H groups in total. The maximum Gasteiger partial charge on any atom is 0.337 e. The van der Waals surface area contributed by atoms with Gasteiger partial charge in [-0.1, -0.05) is 13.0 Å². The fourth-order valence-electron chi connectivity index (χ4n) is 1.48. The summed E-state index contributed by atoms with van der Waals surface area (Å²) in [7, 11) is 1.32. The molecule has 1 rings (SSSR count). The zero-order chi connectivity index (χ0) is 14.1. The molecule has 0 bridgehead atoms. The van der Waals surface area contributed by atoms with Gasteiger partial charge in [-0.25, -0.2) is 4.79 Å². The molecule has 0 spiro atoms. The molecule has 0 heterocycles. The zero-order valence-electron chi connectivity index (χ0n) is 11.3. The first kappa shape index (κ1) is 15.2. The molecule has 0 atom stereocenters. The Morgan fingerprint density at radius 1 is 1.26 bits per heavy atom. The molecule has 104 valence electrons. The fourth-order valence-corrected chi connectivity index (χ4v) is 1.48. The molecule has 0 aliphatic rings. The van der Waals surface area contributed by atoms with Crippen LogP contribution >= 0.6 is 0 Å². The Morgan fingerprint density at radius 2 is 2.05 bits per heavy atom. The molecule has 0 aliphatic carbocycles. The smallest absolute Gasteiger partial charge is 0.337 e. The van der Waals surface area contributed by atoms with Crippen LogP contribution in [0.15, 0.2) is 24.3 Å². The van der Waals surface area contributed by atoms with E-state index in [0.29, 0.717) is 30.9 Å². The van der Waals surface area contributed by atoms with Gasteiger partial charge in [0.25, 0.3) is 0 Å². The second kappa shape index (κ2) is 8.26. The molecule has 0 radical (unpaired) electrons. The SMILES string of the molecule is CCCOCCC(=O)Nc1cccc(C(=O)OC)c1. The monoisotopic (exact) mass is 265 g/mol. The number of esters is 1. The van der Waals surface area contributed by atoms with Crippen LogP contribution in [0.25, 0.3) is 0 Å². The lowest BCUT2D eigenvalue weighted by atomic mass is 10.2. The lowest BCUT2D eigenvalue weighted by Gasteiger charge is -2.07. The van der Waals surface area contributed by atoms with Crippen molar-refractivity contribution in [1.82, 2.24) is 0 Å². The van der Waals surface area contributed by atoms with Crippen molar-refractivity contribution in [3.8, 4) is 0 Å². The summed E-state index contributed by atoms with van der Waals surface area (Å²) < 4.78 is 9.85. The highest BCUT2D eigenvalue weighted by Crippen LogP contribution is 2.11. The molecule has 19 heavy (non-hydrogen) atoms. The Balaban J connectivity index is 2.48. The molecule has 0 aliphatic heterocycles. The molecule has 0 saturated heterocycles. The van der Waals surface area contributed by atoms with E-state index in [9.17, 15) is 9.59 Å². The maximum atomic E-state index is 11.6. The average Bonchev–Trinajstić information content (AvgIpc) is 2.43. The molecule has 1 amide bonds. The minimum Gasteiger partial charge on any atom is -0.465 e. The van der Waals surface area contributed by atoms with Crippen LogP contribution in [0.1, 0.15) is 30.1 Å². The number of rotatable bonds is 7. The lowest BCUT2D eigenvalue weighted by Crippen LogP contribution is -2.14. The molecule has 0 fully saturated rings. The first-order valence-electron chi connectivity index (χ1n) is 6.23. The van der Waals surface area contributed by atoms with E-state index in [1.807, 2.05) is 6.92 Å². The molecular formula is C14H19NO4. The van der Waals surface area contributed by atoms with E-state index in [1.165, 1.54) is 7.11 Å². The van der Waals surface area contributed by atoms with Crippen LogP contribution in [0.3, 0.4) is 0 Å². The molecule has 0 unspecified atom stereocenters. The molecule has 0 saturated carbocycles. The zero-order valence-corrected chi connectivity index (χ0v) is 11.3. The Morgan fingerprint density at radius 3 is 2.74 bits per heavy atom. The van der Waals surface area contributed by atoms with Crippen LogP contribution in [-0.2, 0) is 14.3 Å². The summed E-state index contributed by atoms with van der Waals surface area (Å²) >= 11 is 0. The van der Waals surface area contributed by atoms with Crippen LogP contribution in [0.2, 0.25) is 0 Å². The second-order valence-electron chi connectivity index (χ2n) is 3.98. The number of nitrogens with one attached hydrogen (secondary N) is 1. The highest BCUT2D eigenvalue weighted by Gasteiger charge is 2.07. The van der Waals surface area contributed by atoms with E-state index in [0.717, 1.165) is 6.42 Å². The van der Waals surface area contributed by atoms with E-state index in [-0.39, 0.29) is 5.91 Å². The predicted octanol–water partition coefficient (Wildman–Crippen LogP) is 2.23. The number of carbonyl (C=O) groups is 2. The number of hydrogen-bond donors (Lipinski definition) is 1. The quantitative estimate of drug-likeness (QED) is 0.606. The van der Waals surface area contributed by atoms with Crippen molar-refractivity contribution in [2.45, 2.75) is 19.8 Å². The van der Waals surface area contributed by atoms with Crippen molar-refractivity contribution in [3.63, 3.8) is 0 Å². The number of amides is 1. The number of ether oxygens (including phenoxy) is 2. The normalized spacial score (nSPS) is 10.0. The Hall–Kier alpha value is -1.88. The summed E-state index contributed by atoms with van der Waals surface area (Å²) in [6, 6.07) is 6.62. The third-order valence-corrected chi connectivity index (χ3v) is 2.39. The topological polar surface area (TPSA) is 64.6 Å². The van der Waals surface area contributed by atoms with Crippen LogP contribution in [0.5, 0.6) is 0 Å². The predicted molar refractivity (Wildman–Crippen MR) is 72.1 cm³/mol. The third-order valence-electron chi connectivity index (χ3n) is 2.39. The highest BCUT2D eigenvalue weighted by molar-refractivity contribution is 5.94. The van der Waals surface area contributed by atoms with Gasteiger partial charge in [0.15, 0.2) is 0 Å². The fraction of sp³-hybridized carbons (Fsp3) is 0.429. The number of methoxy groups -OCH3 is 1. The molecule has 5 heteroatoms. The Labute approximate surface area is 112 Å². The minimum atomic E-state index is -0.428. The number of hydrogen-bond acceptors (Lipinski definition) is 4. The van der Waals surface area contributed by atoms with E-state index in [4.69, 9.17) is 4.74 Å². The van der Waals surface area contributed by atoms with Crippen molar-refractivity contribution in [2.75, 3.05) is 25.6 Å². The van der Waals surface area contributed by atoms with Crippen molar-refractivity contribution < 1.29 is 19.1 Å². The molecule has 5 nitrogen and oxygen atoms in total. The van der Waals surface area contributed by atoms with Crippen molar-refractivity contribution in [2.24, 2.45) is 0 Å². The van der Waals surface area contributed by atoms with Gasteiger partial charge in [0, 0.05) is 12.3 Å². The first-order valence-corrected chi connectivity index (χ1v) is 6.23. The molecule has 0 aromatic heterocycles. The van der Waals surface area contributed by atoms with Gasteiger partial charge < -0.3 is 14.8 Å². The summed E-state index contributed by atoms with van der Waals surface area (Å²) in [5.74, 6) is -0.569. The van der Waals surface area contributed by atoms with Gasteiger partial charge in [0.05, 0.1) is 25.7 Å². The van der Waals surface area contributed by atoms with Gasteiger partial charge in [-0.15, -0.1) is 0 Å². The first-order chi connectivity index (χ1) is 9.17. The van der Waals surface area contributed by atoms with Gasteiger partial charge in [-0.2, -0.15) is 0 Å². The largest absolute Gasteiger partial charge is 0.465 e. The van der Waals surface area contributed by atoms with E-state index < -0.39 is 5.97 Å². The molecular weight excluding hydrogens is 246 g/mol. The molecule has 1 aromatic carbocycles. The van der Waals surface area contributed by atoms with Gasteiger partial charge in [-0.05, 0) is 24.6 Å². The lowest BCUT2D eigenvalue weighted by molar-refractivity contribution is -0.117. The minimum absolute atomic E-state index is 0.141.